The summed E-state index contributed by atoms with van der Waals surface area (Å²) in [5, 5.41) is 12.0. The molecule has 1 amide bonds. The smallest absolute Gasteiger partial charge is 0.277 e. The Kier molecular flexibility index (Phi) is 6.02. The number of amides is 1. The summed E-state index contributed by atoms with van der Waals surface area (Å²) in [6.07, 6.45) is 4.68. The van der Waals surface area contributed by atoms with Crippen LogP contribution < -0.4 is 5.32 Å². The molecule has 25 heavy (non-hydrogen) atoms. The maximum atomic E-state index is 12.4. The number of rotatable bonds is 5. The standard InChI is InChI=1S/C18H22ClN3O2S/c1-11-5-3-4-6-15(11)20-16(23)12(2)25-18-22-21-17(24-18)13-7-9-14(19)10-8-13/h7-12,15H,3-6H2,1-2H3,(H,20,23)/t11-,12+,15-/m0/s1. The zero-order chi connectivity index (χ0) is 17.8. The van der Waals surface area contributed by atoms with Crippen LogP contribution in [0.4, 0.5) is 0 Å². The molecule has 1 fully saturated rings. The summed E-state index contributed by atoms with van der Waals surface area (Å²) in [5.74, 6) is 0.984. The zero-order valence-electron chi connectivity index (χ0n) is 14.4. The first-order valence-electron chi connectivity index (χ1n) is 8.59. The zero-order valence-corrected chi connectivity index (χ0v) is 15.9. The Balaban J connectivity index is 1.58. The van der Waals surface area contributed by atoms with Crippen LogP contribution in [0.1, 0.15) is 39.5 Å². The van der Waals surface area contributed by atoms with Gasteiger partial charge in [0, 0.05) is 16.6 Å². The molecule has 5 nitrogen and oxygen atoms in total. The van der Waals surface area contributed by atoms with Crippen LogP contribution in [0, 0.1) is 5.92 Å². The van der Waals surface area contributed by atoms with Crippen LogP contribution >= 0.6 is 23.4 Å². The molecule has 0 radical (unpaired) electrons. The number of nitrogens with zero attached hydrogens (tertiary/aromatic N) is 2. The van der Waals surface area contributed by atoms with Gasteiger partial charge in [-0.15, -0.1) is 10.2 Å². The molecule has 1 aliphatic carbocycles. The molecule has 1 aromatic heterocycles. The minimum Gasteiger partial charge on any atom is -0.411 e. The average molecular weight is 380 g/mol. The van der Waals surface area contributed by atoms with Crippen LogP contribution in [-0.4, -0.2) is 27.4 Å². The number of carbonyl (C=O) groups is 1. The number of thioether (sulfide) groups is 1. The lowest BCUT2D eigenvalue weighted by Gasteiger charge is -2.30. The highest BCUT2D eigenvalue weighted by Crippen LogP contribution is 2.28. The van der Waals surface area contributed by atoms with Gasteiger partial charge in [-0.3, -0.25) is 4.79 Å². The van der Waals surface area contributed by atoms with Crippen molar-refractivity contribution < 1.29 is 9.21 Å². The van der Waals surface area contributed by atoms with Gasteiger partial charge in [-0.05, 0) is 49.9 Å². The molecule has 3 atom stereocenters. The first-order chi connectivity index (χ1) is 12.0. The van der Waals surface area contributed by atoms with Crippen molar-refractivity contribution >= 4 is 29.3 Å². The third kappa shape index (κ3) is 4.76. The van der Waals surface area contributed by atoms with E-state index >= 15 is 0 Å². The summed E-state index contributed by atoms with van der Waals surface area (Å²) < 4.78 is 5.66. The van der Waals surface area contributed by atoms with Crippen LogP contribution in [-0.2, 0) is 4.79 Å². The molecular formula is C18H22ClN3O2S. The topological polar surface area (TPSA) is 68.0 Å². The molecule has 0 bridgehead atoms. The van der Waals surface area contributed by atoms with E-state index in [2.05, 4.69) is 22.4 Å². The lowest BCUT2D eigenvalue weighted by atomic mass is 9.86. The largest absolute Gasteiger partial charge is 0.411 e. The highest BCUT2D eigenvalue weighted by Gasteiger charge is 2.26. The maximum Gasteiger partial charge on any atom is 0.277 e. The van der Waals surface area contributed by atoms with Crippen LogP contribution in [0.25, 0.3) is 11.5 Å². The third-order valence-electron chi connectivity index (χ3n) is 4.58. The van der Waals surface area contributed by atoms with Crippen LogP contribution in [0.2, 0.25) is 5.02 Å². The number of hydrogen-bond donors (Lipinski definition) is 1. The highest BCUT2D eigenvalue weighted by molar-refractivity contribution is 8.00. The molecule has 0 aliphatic heterocycles. The van der Waals surface area contributed by atoms with Crippen molar-refractivity contribution in [3.8, 4) is 11.5 Å². The Morgan fingerprint density at radius 2 is 2.00 bits per heavy atom. The van der Waals surface area contributed by atoms with E-state index in [9.17, 15) is 4.79 Å². The van der Waals surface area contributed by atoms with Crippen molar-refractivity contribution in [2.45, 2.75) is 56.0 Å². The molecule has 0 spiro atoms. The van der Waals surface area contributed by atoms with Gasteiger partial charge in [0.15, 0.2) is 0 Å². The van der Waals surface area contributed by atoms with E-state index in [1.807, 2.05) is 19.1 Å². The van der Waals surface area contributed by atoms with Gasteiger partial charge < -0.3 is 9.73 Å². The van der Waals surface area contributed by atoms with E-state index in [0.717, 1.165) is 12.0 Å². The van der Waals surface area contributed by atoms with Gasteiger partial charge in [-0.25, -0.2) is 0 Å². The monoisotopic (exact) mass is 379 g/mol. The number of benzene rings is 1. The van der Waals surface area contributed by atoms with E-state index in [-0.39, 0.29) is 17.2 Å². The second kappa shape index (κ2) is 8.23. The lowest BCUT2D eigenvalue weighted by Crippen LogP contribution is -2.44. The number of carbonyl (C=O) groups excluding carboxylic acids is 1. The highest BCUT2D eigenvalue weighted by atomic mass is 35.5. The van der Waals surface area contributed by atoms with Gasteiger partial charge in [0.2, 0.25) is 11.8 Å². The molecule has 2 aromatic rings. The second-order valence-electron chi connectivity index (χ2n) is 6.52. The second-order valence-corrected chi connectivity index (χ2v) is 8.25. The molecule has 0 saturated heterocycles. The fourth-order valence-electron chi connectivity index (χ4n) is 3.00. The van der Waals surface area contributed by atoms with Crippen LogP contribution in [0.5, 0.6) is 0 Å². The van der Waals surface area contributed by atoms with Gasteiger partial charge in [0.25, 0.3) is 5.22 Å². The predicted molar refractivity (Wildman–Crippen MR) is 99.6 cm³/mol. The first-order valence-corrected chi connectivity index (χ1v) is 9.85. The minimum absolute atomic E-state index is 0.0231. The van der Waals surface area contributed by atoms with Crippen molar-refractivity contribution in [2.75, 3.05) is 0 Å². The molecular weight excluding hydrogens is 358 g/mol. The summed E-state index contributed by atoms with van der Waals surface area (Å²) in [5.41, 5.74) is 0.803. The van der Waals surface area contributed by atoms with Gasteiger partial charge in [-0.2, -0.15) is 0 Å². The van der Waals surface area contributed by atoms with Crippen molar-refractivity contribution in [1.82, 2.24) is 15.5 Å². The predicted octanol–water partition coefficient (Wildman–Crippen LogP) is 4.57. The van der Waals surface area contributed by atoms with Gasteiger partial charge in [-0.1, -0.05) is 43.1 Å². The van der Waals surface area contributed by atoms with E-state index in [1.54, 1.807) is 12.1 Å². The molecule has 3 rings (SSSR count). The Bertz CT molecular complexity index is 719. The van der Waals surface area contributed by atoms with Crippen molar-refractivity contribution in [1.29, 1.82) is 0 Å². The number of aromatic nitrogens is 2. The minimum atomic E-state index is -0.285. The molecule has 1 N–H and O–H groups in total. The lowest BCUT2D eigenvalue weighted by molar-refractivity contribution is -0.121. The van der Waals surface area contributed by atoms with Crippen molar-refractivity contribution in [3.63, 3.8) is 0 Å². The number of nitrogens with one attached hydrogen (secondary N) is 1. The molecule has 1 saturated carbocycles. The molecule has 1 heterocycles. The SMILES string of the molecule is C[C@@H](Sc1nnc(-c2ccc(Cl)cc2)o1)C(=O)N[C@H]1CCCC[C@@H]1C. The Morgan fingerprint density at radius 3 is 2.72 bits per heavy atom. The molecule has 134 valence electrons. The average Bonchev–Trinajstić information content (AvgIpc) is 3.06. The summed E-state index contributed by atoms with van der Waals surface area (Å²) in [4.78, 5) is 12.4. The molecule has 7 heteroatoms. The van der Waals surface area contributed by atoms with Crippen molar-refractivity contribution in [2.24, 2.45) is 5.92 Å². The summed E-state index contributed by atoms with van der Waals surface area (Å²) in [6, 6.07) is 7.47. The molecule has 1 aromatic carbocycles. The quantitative estimate of drug-likeness (QED) is 0.771. The first kappa shape index (κ1) is 18.3. The van der Waals surface area contributed by atoms with Gasteiger partial charge >= 0.3 is 0 Å². The molecule has 1 aliphatic rings. The Hall–Kier alpha value is -1.53. The molecule has 0 unspecified atom stereocenters. The van der Waals surface area contributed by atoms with E-state index < -0.39 is 0 Å². The summed E-state index contributed by atoms with van der Waals surface area (Å²) in [6.45, 7) is 4.07. The third-order valence-corrected chi connectivity index (χ3v) is 5.77. The Morgan fingerprint density at radius 1 is 1.28 bits per heavy atom. The van der Waals surface area contributed by atoms with Crippen molar-refractivity contribution in [3.05, 3.63) is 29.3 Å². The summed E-state index contributed by atoms with van der Waals surface area (Å²) >= 11 is 7.16. The maximum absolute atomic E-state index is 12.4. The normalized spacial score (nSPS) is 21.7. The summed E-state index contributed by atoms with van der Waals surface area (Å²) in [7, 11) is 0. The number of halogens is 1. The van der Waals surface area contributed by atoms with E-state index in [1.165, 1.54) is 31.0 Å². The van der Waals surface area contributed by atoms with E-state index in [4.69, 9.17) is 16.0 Å². The fraction of sp³-hybridized carbons (Fsp3) is 0.500. The van der Waals surface area contributed by atoms with Gasteiger partial charge in [0.05, 0.1) is 5.25 Å². The number of hydrogen-bond acceptors (Lipinski definition) is 5. The Labute approximate surface area is 156 Å². The van der Waals surface area contributed by atoms with Gasteiger partial charge in [0.1, 0.15) is 0 Å². The van der Waals surface area contributed by atoms with Crippen LogP contribution in [0.15, 0.2) is 33.9 Å². The fourth-order valence-corrected chi connectivity index (χ4v) is 3.82. The van der Waals surface area contributed by atoms with E-state index in [0.29, 0.717) is 22.1 Å². The van der Waals surface area contributed by atoms with Crippen LogP contribution in [0.3, 0.4) is 0 Å².